The monoisotopic (exact) mass is 300 g/mol. The zero-order valence-electron chi connectivity index (χ0n) is 11.0. The third-order valence-electron chi connectivity index (χ3n) is 2.64. The van der Waals surface area contributed by atoms with Crippen molar-refractivity contribution in [1.82, 2.24) is 10.6 Å². The lowest BCUT2D eigenvalue weighted by Gasteiger charge is -2.17. The van der Waals surface area contributed by atoms with E-state index in [9.17, 15) is 23.2 Å². The largest absolute Gasteiger partial charge is 0.367 e. The highest BCUT2D eigenvalue weighted by atomic mass is 19.2. The van der Waals surface area contributed by atoms with Gasteiger partial charge in [-0.3, -0.25) is 9.59 Å². The quantitative estimate of drug-likeness (QED) is 0.556. The number of primary amides is 2. The molecular weight excluding hydrogens is 286 g/mol. The maximum absolute atomic E-state index is 13.1. The number of rotatable bonds is 5. The van der Waals surface area contributed by atoms with Crippen molar-refractivity contribution in [2.75, 3.05) is 0 Å². The van der Waals surface area contributed by atoms with E-state index in [0.29, 0.717) is 5.56 Å². The molecule has 0 saturated heterocycles. The Bertz CT molecular complexity index is 566. The number of nitrogens with one attached hydrogen (secondary N) is 2. The Morgan fingerprint density at radius 1 is 1.05 bits per heavy atom. The van der Waals surface area contributed by atoms with Gasteiger partial charge in [-0.1, -0.05) is 6.07 Å². The summed E-state index contributed by atoms with van der Waals surface area (Å²) < 4.78 is 25.9. The van der Waals surface area contributed by atoms with Crippen molar-refractivity contribution >= 4 is 17.8 Å². The average molecular weight is 300 g/mol. The fraction of sp³-hybridized carbons (Fsp3) is 0.250. The van der Waals surface area contributed by atoms with Crippen LogP contribution in [0.25, 0.3) is 0 Å². The smallest absolute Gasteiger partial charge is 0.316 e. The zero-order valence-corrected chi connectivity index (χ0v) is 11.0. The molecular formula is C12H14F2N4O3. The van der Waals surface area contributed by atoms with Gasteiger partial charge in [-0.15, -0.1) is 0 Å². The first-order valence-corrected chi connectivity index (χ1v) is 5.83. The van der Waals surface area contributed by atoms with Crippen molar-refractivity contribution in [3.05, 3.63) is 35.4 Å². The first-order chi connectivity index (χ1) is 9.72. The predicted molar refractivity (Wildman–Crippen MR) is 68.6 cm³/mol. The average Bonchev–Trinajstić information content (AvgIpc) is 2.38. The molecule has 0 spiro atoms. The standard InChI is InChI=1S/C12H14F2N4O3/c1-5(6-2-3-7(13)8(14)4-6)17-12(21)18-9(10(15)19)11(16)20/h2-5,9H,1H3,(H2,15,19)(H2,16,20)(H2,17,18,21)/t5-/m1/s1. The van der Waals surface area contributed by atoms with Crippen LogP contribution in [0, 0.1) is 11.6 Å². The molecule has 6 N–H and O–H groups in total. The molecule has 0 saturated carbocycles. The van der Waals surface area contributed by atoms with Gasteiger partial charge in [0.15, 0.2) is 17.7 Å². The van der Waals surface area contributed by atoms with Crippen LogP contribution in [0.5, 0.6) is 0 Å². The van der Waals surface area contributed by atoms with Crippen molar-refractivity contribution < 1.29 is 23.2 Å². The highest BCUT2D eigenvalue weighted by Gasteiger charge is 2.24. The third-order valence-corrected chi connectivity index (χ3v) is 2.64. The molecule has 0 radical (unpaired) electrons. The van der Waals surface area contributed by atoms with Gasteiger partial charge >= 0.3 is 6.03 Å². The topological polar surface area (TPSA) is 127 Å². The number of carbonyl (C=O) groups is 3. The molecule has 0 heterocycles. The minimum absolute atomic E-state index is 0.291. The van der Waals surface area contributed by atoms with E-state index < -0.39 is 41.6 Å². The lowest BCUT2D eigenvalue weighted by atomic mass is 10.1. The number of urea groups is 1. The molecule has 1 rings (SSSR count). The Kier molecular flexibility index (Phi) is 5.17. The summed E-state index contributed by atoms with van der Waals surface area (Å²) in [5.41, 5.74) is 10.1. The summed E-state index contributed by atoms with van der Waals surface area (Å²) in [7, 11) is 0. The van der Waals surface area contributed by atoms with Crippen LogP contribution in [0.1, 0.15) is 18.5 Å². The Labute approximate surface area is 118 Å². The van der Waals surface area contributed by atoms with Crippen LogP contribution in [0.3, 0.4) is 0 Å². The van der Waals surface area contributed by atoms with E-state index in [0.717, 1.165) is 12.1 Å². The zero-order chi connectivity index (χ0) is 16.2. The fourth-order valence-corrected chi connectivity index (χ4v) is 1.52. The van der Waals surface area contributed by atoms with Crippen molar-refractivity contribution in [2.24, 2.45) is 11.5 Å². The number of carbonyl (C=O) groups excluding carboxylic acids is 3. The van der Waals surface area contributed by atoms with E-state index in [-0.39, 0.29) is 0 Å². The number of hydrogen-bond donors (Lipinski definition) is 4. The van der Waals surface area contributed by atoms with Crippen LogP contribution >= 0.6 is 0 Å². The first-order valence-electron chi connectivity index (χ1n) is 5.83. The van der Waals surface area contributed by atoms with Gasteiger partial charge in [-0.05, 0) is 24.6 Å². The molecule has 7 nitrogen and oxygen atoms in total. The van der Waals surface area contributed by atoms with Gasteiger partial charge < -0.3 is 22.1 Å². The normalized spacial score (nSPS) is 11.8. The van der Waals surface area contributed by atoms with E-state index in [1.54, 1.807) is 0 Å². The summed E-state index contributed by atoms with van der Waals surface area (Å²) in [6, 6.07) is -0.169. The summed E-state index contributed by atoms with van der Waals surface area (Å²) in [6.07, 6.45) is 0. The second-order valence-corrected chi connectivity index (χ2v) is 4.25. The molecule has 9 heteroatoms. The molecule has 0 bridgehead atoms. The van der Waals surface area contributed by atoms with Gasteiger partial charge in [0, 0.05) is 0 Å². The highest BCUT2D eigenvalue weighted by molar-refractivity contribution is 6.05. The molecule has 21 heavy (non-hydrogen) atoms. The Balaban J connectivity index is 2.71. The van der Waals surface area contributed by atoms with Crippen LogP contribution in [0.4, 0.5) is 13.6 Å². The summed E-state index contributed by atoms with van der Waals surface area (Å²) in [5.74, 6) is -4.30. The van der Waals surface area contributed by atoms with E-state index in [2.05, 4.69) is 5.32 Å². The predicted octanol–water partition coefficient (Wildman–Crippen LogP) is -0.336. The van der Waals surface area contributed by atoms with E-state index in [1.807, 2.05) is 5.32 Å². The van der Waals surface area contributed by atoms with Gasteiger partial charge in [0.05, 0.1) is 6.04 Å². The second-order valence-electron chi connectivity index (χ2n) is 4.25. The molecule has 0 aliphatic rings. The maximum atomic E-state index is 13.1. The van der Waals surface area contributed by atoms with Crippen LogP contribution in [0.2, 0.25) is 0 Å². The molecule has 0 unspecified atom stereocenters. The van der Waals surface area contributed by atoms with E-state index >= 15 is 0 Å². The van der Waals surface area contributed by atoms with Crippen LogP contribution in [0.15, 0.2) is 18.2 Å². The number of hydrogen-bond acceptors (Lipinski definition) is 3. The third kappa shape index (κ3) is 4.41. The molecule has 0 aliphatic carbocycles. The molecule has 0 aliphatic heterocycles. The summed E-state index contributed by atoms with van der Waals surface area (Å²) in [5, 5.41) is 4.30. The molecule has 0 aromatic heterocycles. The number of halogens is 2. The van der Waals surface area contributed by atoms with E-state index in [4.69, 9.17) is 11.5 Å². The Hall–Kier alpha value is -2.71. The van der Waals surface area contributed by atoms with Crippen LogP contribution in [-0.2, 0) is 9.59 Å². The molecule has 114 valence electrons. The summed E-state index contributed by atoms with van der Waals surface area (Å²) in [6.45, 7) is 1.50. The Morgan fingerprint density at radius 2 is 1.62 bits per heavy atom. The van der Waals surface area contributed by atoms with Gasteiger partial charge in [-0.2, -0.15) is 0 Å². The summed E-state index contributed by atoms with van der Waals surface area (Å²) >= 11 is 0. The van der Waals surface area contributed by atoms with Crippen molar-refractivity contribution in [3.63, 3.8) is 0 Å². The van der Waals surface area contributed by atoms with Crippen LogP contribution in [-0.4, -0.2) is 23.9 Å². The first kappa shape index (κ1) is 16.3. The van der Waals surface area contributed by atoms with Crippen molar-refractivity contribution in [3.8, 4) is 0 Å². The van der Waals surface area contributed by atoms with Crippen molar-refractivity contribution in [2.45, 2.75) is 19.0 Å². The molecule has 4 amide bonds. The molecule has 1 aromatic rings. The molecule has 0 fully saturated rings. The van der Waals surface area contributed by atoms with Gasteiger partial charge in [0.1, 0.15) is 0 Å². The van der Waals surface area contributed by atoms with Crippen LogP contribution < -0.4 is 22.1 Å². The van der Waals surface area contributed by atoms with Gasteiger partial charge in [-0.25, -0.2) is 13.6 Å². The fourth-order valence-electron chi connectivity index (χ4n) is 1.52. The second kappa shape index (κ2) is 6.64. The summed E-state index contributed by atoms with van der Waals surface area (Å²) in [4.78, 5) is 33.4. The molecule has 1 aromatic carbocycles. The van der Waals surface area contributed by atoms with E-state index in [1.165, 1.54) is 13.0 Å². The van der Waals surface area contributed by atoms with Gasteiger partial charge in [0.25, 0.3) is 0 Å². The number of nitrogens with two attached hydrogens (primary N) is 2. The number of benzene rings is 1. The Morgan fingerprint density at radius 3 is 2.10 bits per heavy atom. The lowest BCUT2D eigenvalue weighted by molar-refractivity contribution is -0.128. The highest BCUT2D eigenvalue weighted by Crippen LogP contribution is 2.15. The number of amides is 4. The van der Waals surface area contributed by atoms with Crippen molar-refractivity contribution in [1.29, 1.82) is 0 Å². The maximum Gasteiger partial charge on any atom is 0.316 e. The minimum Gasteiger partial charge on any atom is -0.367 e. The minimum atomic E-state index is -1.66. The SMILES string of the molecule is C[C@@H](NC(=O)NC(C(N)=O)C(N)=O)c1ccc(F)c(F)c1. The lowest BCUT2D eigenvalue weighted by Crippen LogP contribution is -2.55. The molecule has 1 atom stereocenters. The van der Waals surface area contributed by atoms with Gasteiger partial charge in [0.2, 0.25) is 11.8 Å².